The molecule has 0 amide bonds. The Morgan fingerprint density at radius 2 is 1.45 bits per heavy atom. The first-order chi connectivity index (χ1) is 15.5. The molecule has 0 unspecified atom stereocenters. The molecule has 33 heavy (non-hydrogen) atoms. The Morgan fingerprint density at radius 1 is 0.879 bits per heavy atom. The number of carbonyl (C=O) groups is 5. The van der Waals surface area contributed by atoms with Crippen LogP contribution in [-0.2, 0) is 47.6 Å². The second kappa shape index (κ2) is 11.4. The number of carbonyl (C=O) groups excluding carboxylic acids is 5. The van der Waals surface area contributed by atoms with Crippen LogP contribution in [0, 0.1) is 0 Å². The number of nitrogens with zero attached hydrogens (tertiary/aromatic N) is 3. The molecule has 0 aromatic carbocycles. The van der Waals surface area contributed by atoms with Gasteiger partial charge in [0.1, 0.15) is 12.7 Å². The van der Waals surface area contributed by atoms with Crippen LogP contribution in [0.25, 0.3) is 0 Å². The van der Waals surface area contributed by atoms with Gasteiger partial charge in [-0.15, -0.1) is 5.10 Å². The molecule has 1 saturated heterocycles. The lowest BCUT2D eigenvalue weighted by molar-refractivity contribution is -0.270. The van der Waals surface area contributed by atoms with Crippen molar-refractivity contribution in [3.8, 4) is 0 Å². The summed E-state index contributed by atoms with van der Waals surface area (Å²) < 4.78 is 32.8. The molecule has 0 bridgehead atoms. The van der Waals surface area contributed by atoms with Crippen LogP contribution in [0.5, 0.6) is 0 Å². The molecule has 1 aromatic heterocycles. The molecular formula is C19H25N3O11. The molecule has 5 atom stereocenters. The summed E-state index contributed by atoms with van der Waals surface area (Å²) in [5, 5.41) is 7.54. The van der Waals surface area contributed by atoms with Crippen LogP contribution in [0.1, 0.15) is 51.3 Å². The minimum Gasteiger partial charge on any atom is -0.463 e. The lowest BCUT2D eigenvalue weighted by Gasteiger charge is -2.44. The molecule has 1 fully saturated rings. The van der Waals surface area contributed by atoms with Gasteiger partial charge in [-0.3, -0.25) is 19.2 Å². The van der Waals surface area contributed by atoms with Crippen LogP contribution < -0.4 is 0 Å². The van der Waals surface area contributed by atoms with Gasteiger partial charge in [-0.1, -0.05) is 5.21 Å². The van der Waals surface area contributed by atoms with Gasteiger partial charge in [0.25, 0.3) is 0 Å². The third kappa shape index (κ3) is 6.97. The highest BCUT2D eigenvalue weighted by molar-refractivity contribution is 5.86. The molecule has 1 aliphatic heterocycles. The van der Waals surface area contributed by atoms with E-state index in [2.05, 4.69) is 10.3 Å². The second-order valence-electron chi connectivity index (χ2n) is 6.89. The Bertz CT molecular complexity index is 899. The van der Waals surface area contributed by atoms with Crippen molar-refractivity contribution in [2.24, 2.45) is 0 Å². The van der Waals surface area contributed by atoms with Gasteiger partial charge in [0.15, 0.2) is 30.2 Å². The van der Waals surface area contributed by atoms with E-state index in [1.54, 1.807) is 6.92 Å². The Labute approximate surface area is 188 Å². The predicted molar refractivity (Wildman–Crippen MR) is 103 cm³/mol. The molecule has 0 radical (unpaired) electrons. The molecule has 182 valence electrons. The van der Waals surface area contributed by atoms with Crippen LogP contribution in [0.3, 0.4) is 0 Å². The van der Waals surface area contributed by atoms with Gasteiger partial charge >= 0.3 is 29.8 Å². The van der Waals surface area contributed by atoms with E-state index < -0.39 is 67.1 Å². The minimum absolute atomic E-state index is 0.102. The molecule has 2 rings (SSSR count). The maximum absolute atomic E-state index is 12.0. The zero-order valence-corrected chi connectivity index (χ0v) is 18.7. The summed E-state index contributed by atoms with van der Waals surface area (Å²) in [7, 11) is 0. The van der Waals surface area contributed by atoms with Crippen molar-refractivity contribution >= 4 is 29.8 Å². The first-order valence-electron chi connectivity index (χ1n) is 9.92. The molecule has 0 N–H and O–H groups in total. The number of esters is 5. The lowest BCUT2D eigenvalue weighted by Crippen LogP contribution is -2.60. The summed E-state index contributed by atoms with van der Waals surface area (Å²) in [6.07, 6.45) is -5.33. The van der Waals surface area contributed by atoms with Crippen LogP contribution in [0.4, 0.5) is 0 Å². The van der Waals surface area contributed by atoms with Crippen molar-refractivity contribution in [2.75, 3.05) is 13.2 Å². The lowest BCUT2D eigenvalue weighted by atomic mass is 9.97. The number of ether oxygens (including phenoxy) is 6. The standard InChI is InChI=1S/C19H25N3O11/c1-6-28-19(27)13-7-22(21-20-13)18-17(32-12(5)26)16(31-11(4)25)15(30-10(3)24)14(33-18)8-29-9(2)23/h7,14-18H,6,8H2,1-5H3/t14-,15-,16+,17-,18-/m1/s1. The number of hydrogen-bond acceptors (Lipinski definition) is 13. The quantitative estimate of drug-likeness (QED) is 0.358. The Balaban J connectivity index is 2.51. The number of rotatable bonds is 8. The van der Waals surface area contributed by atoms with Crippen molar-refractivity contribution in [2.45, 2.75) is 65.3 Å². The zero-order valence-electron chi connectivity index (χ0n) is 18.7. The largest absolute Gasteiger partial charge is 0.463 e. The fourth-order valence-electron chi connectivity index (χ4n) is 3.12. The van der Waals surface area contributed by atoms with Gasteiger partial charge in [0.05, 0.1) is 12.8 Å². The molecule has 14 nitrogen and oxygen atoms in total. The van der Waals surface area contributed by atoms with Crippen molar-refractivity contribution in [3.63, 3.8) is 0 Å². The molecule has 0 aliphatic carbocycles. The molecule has 14 heteroatoms. The monoisotopic (exact) mass is 471 g/mol. The van der Waals surface area contributed by atoms with Gasteiger partial charge in [0.2, 0.25) is 0 Å². The molecule has 0 spiro atoms. The van der Waals surface area contributed by atoms with E-state index in [0.29, 0.717) is 0 Å². The second-order valence-corrected chi connectivity index (χ2v) is 6.89. The van der Waals surface area contributed by atoms with Gasteiger partial charge in [-0.25, -0.2) is 9.48 Å². The molecular weight excluding hydrogens is 446 g/mol. The average Bonchev–Trinajstić information content (AvgIpc) is 3.19. The third-order valence-electron chi connectivity index (χ3n) is 4.22. The van der Waals surface area contributed by atoms with Crippen LogP contribution >= 0.6 is 0 Å². The maximum atomic E-state index is 12.0. The van der Waals surface area contributed by atoms with Crippen LogP contribution in [0.2, 0.25) is 0 Å². The highest BCUT2D eigenvalue weighted by Crippen LogP contribution is 2.34. The van der Waals surface area contributed by atoms with E-state index in [4.69, 9.17) is 28.4 Å². The van der Waals surface area contributed by atoms with E-state index in [0.717, 1.165) is 32.4 Å². The Hall–Kier alpha value is -3.55. The van der Waals surface area contributed by atoms with E-state index >= 15 is 0 Å². The number of aromatic nitrogens is 3. The first kappa shape index (κ1) is 25.7. The van der Waals surface area contributed by atoms with E-state index in [1.807, 2.05) is 0 Å². The van der Waals surface area contributed by atoms with Crippen LogP contribution in [0.15, 0.2) is 6.20 Å². The smallest absolute Gasteiger partial charge is 0.360 e. The summed E-state index contributed by atoms with van der Waals surface area (Å²) in [6, 6.07) is 0. The third-order valence-corrected chi connectivity index (χ3v) is 4.22. The highest BCUT2D eigenvalue weighted by atomic mass is 16.7. The van der Waals surface area contributed by atoms with E-state index in [-0.39, 0.29) is 12.3 Å². The normalized spacial score (nSPS) is 24.3. The van der Waals surface area contributed by atoms with Crippen molar-refractivity contribution in [1.82, 2.24) is 15.0 Å². The molecule has 1 aliphatic rings. The Kier molecular flexibility index (Phi) is 8.85. The van der Waals surface area contributed by atoms with Crippen molar-refractivity contribution < 1.29 is 52.4 Å². The zero-order chi connectivity index (χ0) is 24.7. The predicted octanol–water partition coefficient (Wildman–Crippen LogP) is -0.290. The minimum atomic E-state index is -1.37. The summed E-state index contributed by atoms with van der Waals surface area (Å²) in [6.45, 7) is 5.81. The fourth-order valence-corrected chi connectivity index (χ4v) is 3.12. The van der Waals surface area contributed by atoms with Gasteiger partial charge in [0, 0.05) is 27.7 Å². The highest BCUT2D eigenvalue weighted by Gasteiger charge is 2.53. The molecule has 1 aromatic rings. The SMILES string of the molecule is CCOC(=O)c1cn([C@@H]2O[C@H](COC(C)=O)[C@@H](OC(C)=O)[C@H](OC(C)=O)[C@H]2OC(C)=O)nn1. The number of hydrogen-bond donors (Lipinski definition) is 0. The van der Waals surface area contributed by atoms with Crippen LogP contribution in [-0.4, -0.2) is 82.5 Å². The van der Waals surface area contributed by atoms with Gasteiger partial charge in [-0.2, -0.15) is 0 Å². The first-order valence-corrected chi connectivity index (χ1v) is 9.92. The fraction of sp³-hybridized carbons (Fsp3) is 0.632. The van der Waals surface area contributed by atoms with Crippen molar-refractivity contribution in [1.29, 1.82) is 0 Å². The van der Waals surface area contributed by atoms with Gasteiger partial charge < -0.3 is 28.4 Å². The maximum Gasteiger partial charge on any atom is 0.360 e. The summed E-state index contributed by atoms with van der Waals surface area (Å²) in [5.41, 5.74) is -0.162. The summed E-state index contributed by atoms with van der Waals surface area (Å²) in [5.74, 6) is -3.69. The summed E-state index contributed by atoms with van der Waals surface area (Å²) >= 11 is 0. The van der Waals surface area contributed by atoms with E-state index in [9.17, 15) is 24.0 Å². The molecule has 2 heterocycles. The van der Waals surface area contributed by atoms with E-state index in [1.165, 1.54) is 6.20 Å². The van der Waals surface area contributed by atoms with Gasteiger partial charge in [-0.05, 0) is 6.92 Å². The summed E-state index contributed by atoms with van der Waals surface area (Å²) in [4.78, 5) is 58.7. The Morgan fingerprint density at radius 3 is 2.00 bits per heavy atom. The average molecular weight is 471 g/mol. The molecule has 0 saturated carbocycles. The topological polar surface area (TPSA) is 171 Å². The van der Waals surface area contributed by atoms with Crippen molar-refractivity contribution in [3.05, 3.63) is 11.9 Å².